The second-order valence-corrected chi connectivity index (χ2v) is 5.69. The Morgan fingerprint density at radius 1 is 1.18 bits per heavy atom. The third-order valence-corrected chi connectivity index (χ3v) is 3.82. The van der Waals surface area contributed by atoms with Gasteiger partial charge in [-0.15, -0.1) is 0 Å². The van der Waals surface area contributed by atoms with Crippen molar-refractivity contribution < 1.29 is 4.39 Å². The summed E-state index contributed by atoms with van der Waals surface area (Å²) in [6, 6.07) is 11.4. The van der Waals surface area contributed by atoms with Gasteiger partial charge in [-0.05, 0) is 56.0 Å². The smallest absolute Gasteiger partial charge is 0.125 e. The number of halogens is 1. The van der Waals surface area contributed by atoms with Crippen LogP contribution in [0.25, 0.3) is 0 Å². The number of aryl methyl sites for hydroxylation is 1. The number of nitrogens with zero attached hydrogens (tertiary/aromatic N) is 2. The Morgan fingerprint density at radius 2 is 1.95 bits per heavy atom. The SMILES string of the molecule is CCN(C)C=Nc1cc(F)cc(Cc2cccc(C)c2)c1C. The van der Waals surface area contributed by atoms with Gasteiger partial charge in [0.05, 0.1) is 12.0 Å². The van der Waals surface area contributed by atoms with E-state index in [-0.39, 0.29) is 5.82 Å². The first-order valence-electron chi connectivity index (χ1n) is 7.58. The van der Waals surface area contributed by atoms with Gasteiger partial charge >= 0.3 is 0 Å². The van der Waals surface area contributed by atoms with Gasteiger partial charge in [0.1, 0.15) is 5.82 Å². The minimum Gasteiger partial charge on any atom is -0.366 e. The molecule has 0 spiro atoms. The first-order chi connectivity index (χ1) is 10.5. The monoisotopic (exact) mass is 298 g/mol. The van der Waals surface area contributed by atoms with E-state index in [9.17, 15) is 4.39 Å². The highest BCUT2D eigenvalue weighted by Gasteiger charge is 2.08. The van der Waals surface area contributed by atoms with Gasteiger partial charge in [-0.25, -0.2) is 9.38 Å². The molecule has 2 aromatic rings. The van der Waals surface area contributed by atoms with E-state index in [1.807, 2.05) is 31.9 Å². The Labute approximate surface area is 132 Å². The average Bonchev–Trinajstić information content (AvgIpc) is 2.48. The minimum absolute atomic E-state index is 0.237. The molecule has 0 heterocycles. The minimum atomic E-state index is -0.237. The average molecular weight is 298 g/mol. The van der Waals surface area contributed by atoms with Crippen molar-refractivity contribution in [2.24, 2.45) is 4.99 Å². The Bertz CT molecular complexity index is 677. The molecule has 0 amide bonds. The molecule has 2 aromatic carbocycles. The number of hydrogen-bond acceptors (Lipinski definition) is 1. The summed E-state index contributed by atoms with van der Waals surface area (Å²) in [4.78, 5) is 6.38. The van der Waals surface area contributed by atoms with Crippen LogP contribution in [0.5, 0.6) is 0 Å². The molecular weight excluding hydrogens is 275 g/mol. The van der Waals surface area contributed by atoms with Crippen LogP contribution in [0.1, 0.15) is 29.2 Å². The van der Waals surface area contributed by atoms with Crippen LogP contribution < -0.4 is 0 Å². The zero-order chi connectivity index (χ0) is 16.1. The van der Waals surface area contributed by atoms with Crippen molar-refractivity contribution >= 4 is 12.0 Å². The van der Waals surface area contributed by atoms with Crippen LogP contribution in [0.4, 0.5) is 10.1 Å². The van der Waals surface area contributed by atoms with Crippen LogP contribution in [0.2, 0.25) is 0 Å². The predicted molar refractivity (Wildman–Crippen MR) is 91.6 cm³/mol. The molecule has 0 atom stereocenters. The normalized spacial score (nSPS) is 11.1. The van der Waals surface area contributed by atoms with Crippen LogP contribution in [-0.2, 0) is 6.42 Å². The molecule has 0 aromatic heterocycles. The van der Waals surface area contributed by atoms with E-state index in [2.05, 4.69) is 30.1 Å². The van der Waals surface area contributed by atoms with Crippen LogP contribution in [0.15, 0.2) is 41.4 Å². The first-order valence-corrected chi connectivity index (χ1v) is 7.58. The van der Waals surface area contributed by atoms with Crippen molar-refractivity contribution in [1.29, 1.82) is 0 Å². The third-order valence-electron chi connectivity index (χ3n) is 3.82. The van der Waals surface area contributed by atoms with Crippen LogP contribution in [0.3, 0.4) is 0 Å². The summed E-state index contributed by atoms with van der Waals surface area (Å²) in [6.07, 6.45) is 2.47. The fourth-order valence-corrected chi connectivity index (χ4v) is 2.32. The summed E-state index contributed by atoms with van der Waals surface area (Å²) in [5.41, 5.74) is 5.12. The first kappa shape index (κ1) is 16.2. The Kier molecular flexibility index (Phi) is 5.31. The molecule has 0 aliphatic carbocycles. The zero-order valence-corrected chi connectivity index (χ0v) is 13.7. The lowest BCUT2D eigenvalue weighted by molar-refractivity contribution is 0.552. The van der Waals surface area contributed by atoms with E-state index in [4.69, 9.17) is 0 Å². The van der Waals surface area contributed by atoms with Gasteiger partial charge in [0.2, 0.25) is 0 Å². The van der Waals surface area contributed by atoms with E-state index >= 15 is 0 Å². The second-order valence-electron chi connectivity index (χ2n) is 5.69. The molecule has 3 heteroatoms. The molecule has 0 radical (unpaired) electrons. The van der Waals surface area contributed by atoms with Gasteiger partial charge in [-0.1, -0.05) is 29.8 Å². The highest BCUT2D eigenvalue weighted by molar-refractivity contribution is 5.64. The predicted octanol–water partition coefficient (Wildman–Crippen LogP) is 4.64. The van der Waals surface area contributed by atoms with Gasteiger partial charge in [0, 0.05) is 13.6 Å². The Morgan fingerprint density at radius 3 is 2.64 bits per heavy atom. The number of rotatable bonds is 5. The molecule has 2 rings (SSSR count). The largest absolute Gasteiger partial charge is 0.366 e. The summed E-state index contributed by atoms with van der Waals surface area (Å²) >= 11 is 0. The summed E-state index contributed by atoms with van der Waals surface area (Å²) in [7, 11) is 1.95. The van der Waals surface area contributed by atoms with E-state index in [0.29, 0.717) is 5.69 Å². The summed E-state index contributed by atoms with van der Waals surface area (Å²) in [5, 5.41) is 0. The molecule has 0 saturated heterocycles. The fraction of sp³-hybridized carbons (Fsp3) is 0.316. The third kappa shape index (κ3) is 4.17. The fourth-order valence-electron chi connectivity index (χ4n) is 2.32. The summed E-state index contributed by atoms with van der Waals surface area (Å²) in [6.45, 7) is 6.99. The molecule has 2 nitrogen and oxygen atoms in total. The van der Waals surface area contributed by atoms with Crippen molar-refractivity contribution in [3.8, 4) is 0 Å². The van der Waals surface area contributed by atoms with Gasteiger partial charge in [0.15, 0.2) is 0 Å². The topological polar surface area (TPSA) is 15.6 Å². The highest BCUT2D eigenvalue weighted by atomic mass is 19.1. The lowest BCUT2D eigenvalue weighted by Crippen LogP contribution is -2.14. The molecule has 22 heavy (non-hydrogen) atoms. The van der Waals surface area contributed by atoms with Gasteiger partial charge in [-0.3, -0.25) is 0 Å². The quantitative estimate of drug-likeness (QED) is 0.580. The summed E-state index contributed by atoms with van der Waals surface area (Å²) in [5.74, 6) is -0.237. The summed E-state index contributed by atoms with van der Waals surface area (Å²) < 4.78 is 13.9. The molecule has 0 saturated carbocycles. The van der Waals surface area contributed by atoms with E-state index in [1.165, 1.54) is 17.2 Å². The van der Waals surface area contributed by atoms with Crippen molar-refractivity contribution in [3.63, 3.8) is 0 Å². The highest BCUT2D eigenvalue weighted by Crippen LogP contribution is 2.26. The van der Waals surface area contributed by atoms with Gasteiger partial charge in [0.25, 0.3) is 0 Å². The van der Waals surface area contributed by atoms with Crippen LogP contribution in [0, 0.1) is 19.7 Å². The molecule has 0 bridgehead atoms. The number of benzene rings is 2. The zero-order valence-electron chi connectivity index (χ0n) is 13.7. The van der Waals surface area contributed by atoms with E-state index < -0.39 is 0 Å². The van der Waals surface area contributed by atoms with Crippen LogP contribution in [-0.4, -0.2) is 24.8 Å². The maximum atomic E-state index is 13.9. The molecule has 0 unspecified atom stereocenters. The van der Waals surface area contributed by atoms with E-state index in [1.54, 1.807) is 12.4 Å². The van der Waals surface area contributed by atoms with Crippen molar-refractivity contribution in [2.45, 2.75) is 27.2 Å². The molecular formula is C19H23FN2. The van der Waals surface area contributed by atoms with Crippen molar-refractivity contribution in [3.05, 3.63) is 64.5 Å². The maximum Gasteiger partial charge on any atom is 0.125 e. The second kappa shape index (κ2) is 7.21. The lowest BCUT2D eigenvalue weighted by atomic mass is 9.98. The van der Waals surface area contributed by atoms with Crippen molar-refractivity contribution in [2.75, 3.05) is 13.6 Å². The molecule has 0 aliphatic rings. The molecule has 0 aliphatic heterocycles. The van der Waals surface area contributed by atoms with Gasteiger partial charge in [-0.2, -0.15) is 0 Å². The number of aliphatic imine (C=N–C) groups is 1. The lowest BCUT2D eigenvalue weighted by Gasteiger charge is -2.12. The number of hydrogen-bond donors (Lipinski definition) is 0. The maximum absolute atomic E-state index is 13.9. The van der Waals surface area contributed by atoms with Gasteiger partial charge < -0.3 is 4.90 Å². The standard InChI is InChI=1S/C19H23FN2/c1-5-22(4)13-21-19-12-18(20)11-17(15(19)3)10-16-8-6-7-14(2)9-16/h6-9,11-13H,5,10H2,1-4H3. The molecule has 0 fully saturated rings. The Hall–Kier alpha value is -2.16. The molecule has 116 valence electrons. The van der Waals surface area contributed by atoms with E-state index in [0.717, 1.165) is 24.1 Å². The van der Waals surface area contributed by atoms with Crippen LogP contribution >= 0.6 is 0 Å². The van der Waals surface area contributed by atoms with Crippen molar-refractivity contribution in [1.82, 2.24) is 4.90 Å². The Balaban J connectivity index is 2.32. The molecule has 0 N–H and O–H groups in total.